The fourth-order valence-electron chi connectivity index (χ4n) is 5.67. The van der Waals surface area contributed by atoms with Gasteiger partial charge in [0.15, 0.2) is 0 Å². The number of aliphatic hydroxyl groups is 2. The van der Waals surface area contributed by atoms with Crippen LogP contribution in [-0.4, -0.2) is 34.9 Å². The lowest BCUT2D eigenvalue weighted by atomic mass is 10.0. The number of hydrogen-bond donors (Lipinski definition) is 3. The maximum atomic E-state index is 11.7. The lowest BCUT2D eigenvalue weighted by Gasteiger charge is -2.19. The molecule has 0 saturated heterocycles. The molecule has 0 aromatic rings. The molecule has 4 heteroatoms. The van der Waals surface area contributed by atoms with Crippen molar-refractivity contribution in [3.8, 4) is 0 Å². The Balaban J connectivity index is 3.38. The molecular weight excluding hydrogens is 542 g/mol. The van der Waals surface area contributed by atoms with Gasteiger partial charge in [-0.3, -0.25) is 4.79 Å². The van der Waals surface area contributed by atoms with Gasteiger partial charge >= 0.3 is 0 Å². The number of carbonyl (C=O) groups is 1. The quantitative estimate of drug-likeness (QED) is 0.0497. The molecule has 0 radical (unpaired) electrons. The summed E-state index contributed by atoms with van der Waals surface area (Å²) in [4.78, 5) is 11.7. The Labute approximate surface area is 274 Å². The average molecular weight is 618 g/mol. The summed E-state index contributed by atoms with van der Waals surface area (Å²) >= 11 is 0. The van der Waals surface area contributed by atoms with E-state index in [-0.39, 0.29) is 12.5 Å². The summed E-state index contributed by atoms with van der Waals surface area (Å²) in [5, 5.41) is 22.2. The van der Waals surface area contributed by atoms with Crippen LogP contribution in [0.15, 0.2) is 36.5 Å². The molecule has 2 atom stereocenters. The van der Waals surface area contributed by atoms with Gasteiger partial charge < -0.3 is 15.5 Å². The van der Waals surface area contributed by atoms with Crippen LogP contribution in [-0.2, 0) is 4.79 Å². The minimum absolute atomic E-state index is 0.133. The van der Waals surface area contributed by atoms with Crippen LogP contribution in [0.3, 0.4) is 0 Å². The van der Waals surface area contributed by atoms with Crippen molar-refractivity contribution in [2.75, 3.05) is 6.61 Å². The first-order valence-corrected chi connectivity index (χ1v) is 19.2. The van der Waals surface area contributed by atoms with Gasteiger partial charge in [0.1, 0.15) is 0 Å². The van der Waals surface area contributed by atoms with E-state index < -0.39 is 12.1 Å². The molecule has 0 fully saturated rings. The maximum Gasteiger partial charge on any atom is 0.220 e. The number of nitrogens with one attached hydrogen (secondary N) is 1. The van der Waals surface area contributed by atoms with Crippen LogP contribution in [0.2, 0.25) is 0 Å². The van der Waals surface area contributed by atoms with Crippen LogP contribution >= 0.6 is 0 Å². The van der Waals surface area contributed by atoms with E-state index in [2.05, 4.69) is 36.5 Å². The first kappa shape index (κ1) is 42.6. The highest BCUT2D eigenvalue weighted by Crippen LogP contribution is 2.15. The number of unbranched alkanes of at least 4 members (excludes halogenated alkanes) is 23. The lowest BCUT2D eigenvalue weighted by molar-refractivity contribution is -0.122. The SMILES string of the molecule is CCCCCCCCCCCCCCCCCCCCCCC/C=C/CC/C=C/CC/C=C/C(O)C(CO)NC(=O)CCC. The molecule has 4 nitrogen and oxygen atoms in total. The van der Waals surface area contributed by atoms with E-state index in [1.54, 1.807) is 6.08 Å². The van der Waals surface area contributed by atoms with Crippen molar-refractivity contribution >= 4 is 5.91 Å². The molecule has 1 amide bonds. The minimum atomic E-state index is -0.862. The summed E-state index contributed by atoms with van der Waals surface area (Å²) < 4.78 is 0. The highest BCUT2D eigenvalue weighted by Gasteiger charge is 2.17. The Morgan fingerprint density at radius 2 is 0.886 bits per heavy atom. The van der Waals surface area contributed by atoms with Crippen molar-refractivity contribution in [3.63, 3.8) is 0 Å². The molecule has 0 aliphatic rings. The number of amides is 1. The van der Waals surface area contributed by atoms with E-state index in [4.69, 9.17) is 0 Å². The number of allylic oxidation sites excluding steroid dienone is 5. The summed E-state index contributed by atoms with van der Waals surface area (Å²) in [6.07, 6.45) is 48.3. The van der Waals surface area contributed by atoms with Gasteiger partial charge in [-0.1, -0.05) is 179 Å². The molecule has 0 aliphatic carbocycles. The van der Waals surface area contributed by atoms with Crippen LogP contribution in [0.1, 0.15) is 194 Å². The van der Waals surface area contributed by atoms with E-state index in [9.17, 15) is 15.0 Å². The maximum absolute atomic E-state index is 11.7. The normalized spacial score (nSPS) is 13.5. The van der Waals surface area contributed by atoms with Crippen LogP contribution in [0, 0.1) is 0 Å². The van der Waals surface area contributed by atoms with Crippen molar-refractivity contribution in [1.29, 1.82) is 0 Å². The Morgan fingerprint density at radius 1 is 0.523 bits per heavy atom. The molecule has 0 saturated carbocycles. The van der Waals surface area contributed by atoms with Gasteiger partial charge in [-0.05, 0) is 44.9 Å². The lowest BCUT2D eigenvalue weighted by Crippen LogP contribution is -2.45. The van der Waals surface area contributed by atoms with Gasteiger partial charge in [0.2, 0.25) is 5.91 Å². The molecule has 3 N–H and O–H groups in total. The Bertz CT molecular complexity index is 672. The van der Waals surface area contributed by atoms with Gasteiger partial charge in [-0.15, -0.1) is 0 Å². The second-order valence-corrected chi connectivity index (χ2v) is 13.0. The predicted molar refractivity (Wildman–Crippen MR) is 193 cm³/mol. The third-order valence-electron chi connectivity index (χ3n) is 8.57. The molecule has 258 valence electrons. The smallest absolute Gasteiger partial charge is 0.220 e. The molecule has 0 heterocycles. The zero-order chi connectivity index (χ0) is 32.2. The fraction of sp³-hybridized carbons (Fsp3) is 0.825. The fourth-order valence-corrected chi connectivity index (χ4v) is 5.67. The minimum Gasteiger partial charge on any atom is -0.394 e. The summed E-state index contributed by atoms with van der Waals surface area (Å²) in [5.74, 6) is -0.133. The predicted octanol–water partition coefficient (Wildman–Crippen LogP) is 11.5. The Kier molecular flexibility index (Phi) is 34.9. The van der Waals surface area contributed by atoms with Gasteiger partial charge in [0, 0.05) is 6.42 Å². The summed E-state index contributed by atoms with van der Waals surface area (Å²) in [7, 11) is 0. The molecule has 0 aromatic heterocycles. The van der Waals surface area contributed by atoms with Crippen molar-refractivity contribution in [3.05, 3.63) is 36.5 Å². The second kappa shape index (κ2) is 36.1. The van der Waals surface area contributed by atoms with Gasteiger partial charge in [-0.2, -0.15) is 0 Å². The number of carbonyl (C=O) groups excluding carboxylic acids is 1. The standard InChI is InChI=1S/C40H75NO3/c1-3-5-6-7-8-9-10-11-12-13-14-15-16-17-18-19-20-21-22-23-24-25-26-27-28-29-30-31-32-33-34-36-39(43)38(37-42)41-40(44)35-4-2/h26-27,30-31,34,36,38-39,42-43H,3-25,28-29,32-33,35,37H2,1-2H3,(H,41,44)/b27-26+,31-30+,36-34+. The highest BCUT2D eigenvalue weighted by molar-refractivity contribution is 5.76. The third kappa shape index (κ3) is 32.0. The Morgan fingerprint density at radius 3 is 1.27 bits per heavy atom. The molecule has 0 spiro atoms. The summed E-state index contributed by atoms with van der Waals surface area (Å²) in [6, 6.07) is -0.638. The van der Waals surface area contributed by atoms with E-state index in [0.29, 0.717) is 6.42 Å². The Hall–Kier alpha value is -1.39. The van der Waals surface area contributed by atoms with Crippen LogP contribution in [0.4, 0.5) is 0 Å². The van der Waals surface area contributed by atoms with E-state index >= 15 is 0 Å². The zero-order valence-corrected chi connectivity index (χ0v) is 29.4. The molecule has 0 aromatic carbocycles. The van der Waals surface area contributed by atoms with Gasteiger partial charge in [0.05, 0.1) is 18.8 Å². The number of hydrogen-bond acceptors (Lipinski definition) is 3. The van der Waals surface area contributed by atoms with Crippen molar-refractivity contribution < 1.29 is 15.0 Å². The highest BCUT2D eigenvalue weighted by atomic mass is 16.3. The topological polar surface area (TPSA) is 69.6 Å². The number of rotatable bonds is 34. The summed E-state index contributed by atoms with van der Waals surface area (Å²) in [5.41, 5.74) is 0. The second-order valence-electron chi connectivity index (χ2n) is 13.0. The van der Waals surface area contributed by atoms with E-state index in [1.165, 1.54) is 141 Å². The van der Waals surface area contributed by atoms with Crippen LogP contribution in [0.5, 0.6) is 0 Å². The molecule has 0 rings (SSSR count). The van der Waals surface area contributed by atoms with Crippen LogP contribution < -0.4 is 5.32 Å². The molecule has 44 heavy (non-hydrogen) atoms. The van der Waals surface area contributed by atoms with Gasteiger partial charge in [0.25, 0.3) is 0 Å². The van der Waals surface area contributed by atoms with Crippen molar-refractivity contribution in [1.82, 2.24) is 5.32 Å². The van der Waals surface area contributed by atoms with E-state index in [0.717, 1.165) is 32.1 Å². The number of aliphatic hydroxyl groups excluding tert-OH is 2. The van der Waals surface area contributed by atoms with Crippen molar-refractivity contribution in [2.45, 2.75) is 206 Å². The zero-order valence-electron chi connectivity index (χ0n) is 29.4. The molecule has 2 unspecified atom stereocenters. The first-order chi connectivity index (χ1) is 21.7. The molecule has 0 bridgehead atoms. The van der Waals surface area contributed by atoms with Crippen molar-refractivity contribution in [2.24, 2.45) is 0 Å². The summed E-state index contributed by atoms with van der Waals surface area (Å²) in [6.45, 7) is 3.95. The monoisotopic (exact) mass is 618 g/mol. The average Bonchev–Trinajstić information content (AvgIpc) is 3.02. The first-order valence-electron chi connectivity index (χ1n) is 19.2. The molecule has 0 aliphatic heterocycles. The third-order valence-corrected chi connectivity index (χ3v) is 8.57. The van der Waals surface area contributed by atoms with Gasteiger partial charge in [-0.25, -0.2) is 0 Å². The largest absolute Gasteiger partial charge is 0.394 e. The van der Waals surface area contributed by atoms with Crippen LogP contribution in [0.25, 0.3) is 0 Å². The van der Waals surface area contributed by atoms with E-state index in [1.807, 2.05) is 13.0 Å². The molecular formula is C40H75NO3.